The number of halogens is 3. The largest absolute Gasteiger partial charge is 0.420 e. The maximum absolute atomic E-state index is 14.2. The summed E-state index contributed by atoms with van der Waals surface area (Å²) in [5, 5.41) is 11.0. The summed E-state index contributed by atoms with van der Waals surface area (Å²) in [5.74, 6) is 0. The molecule has 3 unspecified atom stereocenters. The van der Waals surface area contributed by atoms with Gasteiger partial charge in [-0.2, -0.15) is 13.2 Å². The van der Waals surface area contributed by atoms with Crippen molar-refractivity contribution in [3.05, 3.63) is 60.3 Å². The zero-order valence-corrected chi connectivity index (χ0v) is 18.8. The number of nitrogens with zero attached hydrogens (tertiary/aromatic N) is 2. The second kappa shape index (κ2) is 12.0. The number of benzene rings is 1. The Bertz CT molecular complexity index is 737. The average molecular weight is 443 g/mol. The highest BCUT2D eigenvalue weighted by molar-refractivity contribution is 5.55. The molecule has 0 amide bonds. The summed E-state index contributed by atoms with van der Waals surface area (Å²) >= 11 is 0. The van der Waals surface area contributed by atoms with Gasteiger partial charge in [0.15, 0.2) is 5.60 Å². The summed E-state index contributed by atoms with van der Waals surface area (Å²) < 4.78 is 53.3. The minimum absolute atomic E-state index is 0.0632. The van der Waals surface area contributed by atoms with Crippen molar-refractivity contribution in [2.75, 3.05) is 27.3 Å². The van der Waals surface area contributed by atoms with Gasteiger partial charge >= 0.3 is 6.18 Å². The van der Waals surface area contributed by atoms with E-state index in [0.717, 1.165) is 6.54 Å². The molecule has 1 rings (SSSR count). The number of rotatable bonds is 12. The molecule has 0 saturated heterocycles. The highest BCUT2D eigenvalue weighted by Crippen LogP contribution is 2.48. The lowest BCUT2D eigenvalue weighted by Gasteiger charge is -2.46. The molecule has 1 aromatic carbocycles. The Labute approximate surface area is 182 Å². The van der Waals surface area contributed by atoms with Crippen LogP contribution in [-0.4, -0.2) is 61.5 Å². The summed E-state index contributed by atoms with van der Waals surface area (Å²) in [6.45, 7) is 4.54. The number of alkyl halides is 3. The fourth-order valence-corrected chi connectivity index (χ4v) is 3.13. The van der Waals surface area contributed by atoms with Gasteiger partial charge in [0.2, 0.25) is 0 Å². The molecule has 0 spiro atoms. The Morgan fingerprint density at radius 1 is 1.23 bits per heavy atom. The van der Waals surface area contributed by atoms with E-state index in [1.807, 2.05) is 14.0 Å². The van der Waals surface area contributed by atoms with Crippen LogP contribution in [-0.2, 0) is 16.1 Å². The molecule has 5 nitrogen and oxygen atoms in total. The van der Waals surface area contributed by atoms with Crippen molar-refractivity contribution in [1.29, 1.82) is 0 Å². The maximum atomic E-state index is 14.2. The second-order valence-electron chi connectivity index (χ2n) is 7.45. The van der Waals surface area contributed by atoms with Crippen LogP contribution in [0.2, 0.25) is 0 Å². The summed E-state index contributed by atoms with van der Waals surface area (Å²) in [4.78, 5) is 5.88. The van der Waals surface area contributed by atoms with Crippen LogP contribution >= 0.6 is 0 Å². The number of allylic oxidation sites excluding steroid dienone is 1. The van der Waals surface area contributed by atoms with E-state index in [2.05, 4.69) is 4.99 Å². The topological polar surface area (TPSA) is 54.3 Å². The van der Waals surface area contributed by atoms with Gasteiger partial charge < -0.3 is 19.5 Å². The van der Waals surface area contributed by atoms with Crippen LogP contribution < -0.4 is 0 Å². The molecule has 3 atom stereocenters. The van der Waals surface area contributed by atoms with Crippen molar-refractivity contribution in [2.24, 2.45) is 10.4 Å². The van der Waals surface area contributed by atoms with Gasteiger partial charge in [0.05, 0.1) is 31.1 Å². The fraction of sp³-hybridized carbons (Fsp3) is 0.522. The molecule has 0 aromatic heterocycles. The minimum atomic E-state index is -4.98. The maximum Gasteiger partial charge on any atom is 0.420 e. The molecule has 174 valence electrons. The van der Waals surface area contributed by atoms with Gasteiger partial charge in [-0.25, -0.2) is 4.99 Å². The van der Waals surface area contributed by atoms with Gasteiger partial charge in [0.1, 0.15) is 0 Å². The number of hydrogen-bond donors (Lipinski definition) is 1. The predicted molar refractivity (Wildman–Crippen MR) is 117 cm³/mol. The van der Waals surface area contributed by atoms with E-state index in [4.69, 9.17) is 9.47 Å². The number of ether oxygens (including phenoxy) is 2. The highest BCUT2D eigenvalue weighted by Gasteiger charge is 2.65. The molecular formula is C23H33F3N2O3. The molecule has 0 aliphatic carbocycles. The van der Waals surface area contributed by atoms with E-state index in [0.29, 0.717) is 5.56 Å². The van der Waals surface area contributed by atoms with Gasteiger partial charge in [-0.3, -0.25) is 0 Å². The van der Waals surface area contributed by atoms with E-state index >= 15 is 0 Å². The molecule has 1 aromatic rings. The second-order valence-corrected chi connectivity index (χ2v) is 7.45. The van der Waals surface area contributed by atoms with Crippen molar-refractivity contribution in [2.45, 2.75) is 45.3 Å². The average Bonchev–Trinajstić information content (AvgIpc) is 2.73. The van der Waals surface area contributed by atoms with Crippen LogP contribution in [0.5, 0.6) is 0 Å². The van der Waals surface area contributed by atoms with Crippen molar-refractivity contribution in [3.63, 3.8) is 0 Å². The summed E-state index contributed by atoms with van der Waals surface area (Å²) in [6.07, 6.45) is 0.968. The van der Waals surface area contributed by atoms with Crippen LogP contribution in [0.4, 0.5) is 13.2 Å². The first-order chi connectivity index (χ1) is 14.6. The Kier molecular flexibility index (Phi) is 10.4. The Hall–Kier alpha value is -2.16. The molecule has 0 saturated carbocycles. The van der Waals surface area contributed by atoms with E-state index in [-0.39, 0.29) is 6.61 Å². The SMILES string of the molecule is C/C=C/C(C)(C(/C=C/N=C/N(C)CC)OC)C(O)(COCc1ccccc1)C(F)(F)F. The highest BCUT2D eigenvalue weighted by atomic mass is 19.4. The molecular weight excluding hydrogens is 409 g/mol. The fourth-order valence-electron chi connectivity index (χ4n) is 3.13. The molecule has 8 heteroatoms. The molecule has 31 heavy (non-hydrogen) atoms. The van der Waals surface area contributed by atoms with Crippen LogP contribution in [0.3, 0.4) is 0 Å². The lowest BCUT2D eigenvalue weighted by Crippen LogP contribution is -2.63. The van der Waals surface area contributed by atoms with Gasteiger partial charge in [-0.1, -0.05) is 49.4 Å². The Balaban J connectivity index is 3.23. The summed E-state index contributed by atoms with van der Waals surface area (Å²) in [7, 11) is 3.11. The number of methoxy groups -OCH3 is 1. The third kappa shape index (κ3) is 6.92. The molecule has 0 radical (unpaired) electrons. The lowest BCUT2D eigenvalue weighted by atomic mass is 9.68. The first-order valence-electron chi connectivity index (χ1n) is 10.0. The third-order valence-electron chi connectivity index (χ3n) is 5.25. The first-order valence-corrected chi connectivity index (χ1v) is 10.0. The van der Waals surface area contributed by atoms with Crippen LogP contribution in [0, 0.1) is 5.41 Å². The van der Waals surface area contributed by atoms with Crippen LogP contribution in [0.15, 0.2) is 59.8 Å². The molecule has 0 fully saturated rings. The lowest BCUT2D eigenvalue weighted by molar-refractivity contribution is -0.316. The number of aliphatic imine (C=N–C) groups is 1. The monoisotopic (exact) mass is 442 g/mol. The van der Waals surface area contributed by atoms with Crippen LogP contribution in [0.25, 0.3) is 0 Å². The van der Waals surface area contributed by atoms with Gasteiger partial charge in [-0.05, 0) is 25.5 Å². The van der Waals surface area contributed by atoms with Crippen molar-refractivity contribution < 1.29 is 27.8 Å². The van der Waals surface area contributed by atoms with Crippen LogP contribution in [0.1, 0.15) is 26.3 Å². The number of aliphatic hydroxyl groups is 1. The molecule has 0 bridgehead atoms. The number of hydrogen-bond acceptors (Lipinski definition) is 4. The minimum Gasteiger partial charge on any atom is -0.378 e. The van der Waals surface area contributed by atoms with Gasteiger partial charge in [0.25, 0.3) is 0 Å². The Morgan fingerprint density at radius 2 is 1.87 bits per heavy atom. The van der Waals surface area contributed by atoms with Crippen molar-refractivity contribution >= 4 is 6.34 Å². The zero-order chi connectivity index (χ0) is 23.5. The van der Waals surface area contributed by atoms with E-state index in [1.54, 1.807) is 48.5 Å². The quantitative estimate of drug-likeness (QED) is 0.292. The molecule has 0 heterocycles. The van der Waals surface area contributed by atoms with E-state index in [9.17, 15) is 18.3 Å². The van der Waals surface area contributed by atoms with Gasteiger partial charge in [0, 0.05) is 26.9 Å². The van der Waals surface area contributed by atoms with E-state index < -0.39 is 29.9 Å². The standard InChI is InChI=1S/C23H33F3N2O3/c1-6-14-21(3,20(30-5)13-15-27-18-28(4)7-2)22(29,23(24,25)26)17-31-16-19-11-9-8-10-12-19/h6,8-15,18,20,29H,7,16-17H2,1-5H3/b14-6+,15-13+,27-18+. The third-order valence-corrected chi connectivity index (χ3v) is 5.25. The predicted octanol–water partition coefficient (Wildman–Crippen LogP) is 4.59. The molecule has 0 aliphatic rings. The zero-order valence-electron chi connectivity index (χ0n) is 18.8. The summed E-state index contributed by atoms with van der Waals surface area (Å²) in [6, 6.07) is 8.81. The summed E-state index contributed by atoms with van der Waals surface area (Å²) in [5.41, 5.74) is -4.39. The molecule has 1 N–H and O–H groups in total. The van der Waals surface area contributed by atoms with Gasteiger partial charge in [-0.15, -0.1) is 0 Å². The van der Waals surface area contributed by atoms with Crippen molar-refractivity contribution in [1.82, 2.24) is 4.90 Å². The van der Waals surface area contributed by atoms with E-state index in [1.165, 1.54) is 38.5 Å². The molecule has 0 aliphatic heterocycles. The first kappa shape index (κ1) is 26.9. The van der Waals surface area contributed by atoms with Crippen molar-refractivity contribution in [3.8, 4) is 0 Å². The Morgan fingerprint density at radius 3 is 2.39 bits per heavy atom. The normalized spacial score (nSPS) is 17.8. The smallest absolute Gasteiger partial charge is 0.378 e.